The monoisotopic (exact) mass is 444 g/mol. The summed E-state index contributed by atoms with van der Waals surface area (Å²) in [4.78, 5) is 52.3. The summed E-state index contributed by atoms with van der Waals surface area (Å²) in [6, 6.07) is 7.56. The zero-order valence-electron chi connectivity index (χ0n) is 19.8. The molecule has 7 heteroatoms. The van der Waals surface area contributed by atoms with Crippen molar-refractivity contribution in [3.05, 3.63) is 35.4 Å². The van der Waals surface area contributed by atoms with E-state index in [0.29, 0.717) is 44.0 Å². The Morgan fingerprint density at radius 3 is 2.25 bits per heavy atom. The lowest BCUT2D eigenvalue weighted by molar-refractivity contribution is -0.151. The van der Waals surface area contributed by atoms with Gasteiger partial charge in [0, 0.05) is 38.5 Å². The summed E-state index contributed by atoms with van der Waals surface area (Å²) in [6.07, 6.45) is 2.30. The molecule has 1 aromatic carbocycles. The summed E-state index contributed by atoms with van der Waals surface area (Å²) in [5, 5.41) is 0. The zero-order valence-corrected chi connectivity index (χ0v) is 19.8. The average molecular weight is 445 g/mol. The summed E-state index contributed by atoms with van der Waals surface area (Å²) in [5.41, 5.74) is 1.80. The Morgan fingerprint density at radius 2 is 1.69 bits per heavy atom. The molecule has 0 radical (unpaired) electrons. The van der Waals surface area contributed by atoms with Gasteiger partial charge in [-0.3, -0.25) is 19.2 Å². The van der Waals surface area contributed by atoms with Crippen LogP contribution in [0.15, 0.2) is 24.3 Å². The molecule has 0 N–H and O–H groups in total. The highest BCUT2D eigenvalue weighted by Gasteiger charge is 2.29. The Bertz CT molecular complexity index is 795. The minimum atomic E-state index is -0.232. The Morgan fingerprint density at radius 1 is 1.06 bits per heavy atom. The van der Waals surface area contributed by atoms with Gasteiger partial charge in [0.15, 0.2) is 5.78 Å². The van der Waals surface area contributed by atoms with Crippen LogP contribution in [0.5, 0.6) is 0 Å². The Kier molecular flexibility index (Phi) is 9.88. The molecule has 0 atom stereocenters. The first-order valence-corrected chi connectivity index (χ1v) is 11.5. The van der Waals surface area contributed by atoms with E-state index in [9.17, 15) is 19.2 Å². The predicted octanol–water partition coefficient (Wildman–Crippen LogP) is 3.11. The average Bonchev–Trinajstić information content (AvgIpc) is 2.77. The molecule has 1 heterocycles. The van der Waals surface area contributed by atoms with Crippen LogP contribution in [-0.4, -0.2) is 66.7 Å². The molecule has 32 heavy (non-hydrogen) atoms. The molecule has 0 saturated carbocycles. The first-order chi connectivity index (χ1) is 15.2. The number of carbonyl (C=O) groups is 4. The maximum Gasteiger partial charge on any atom is 0.309 e. The molecule has 176 valence electrons. The summed E-state index contributed by atoms with van der Waals surface area (Å²) in [6.45, 7) is 7.37. The third-order valence-corrected chi connectivity index (χ3v) is 5.75. The molecule has 0 spiro atoms. The molecule has 2 amide bonds. The lowest BCUT2D eigenvalue weighted by atomic mass is 9.97. The van der Waals surface area contributed by atoms with Gasteiger partial charge in [-0.1, -0.05) is 38.1 Å². The van der Waals surface area contributed by atoms with Gasteiger partial charge in [-0.15, -0.1) is 0 Å². The van der Waals surface area contributed by atoms with Gasteiger partial charge in [0.2, 0.25) is 11.8 Å². The molecule has 0 unspecified atom stereocenters. The quantitative estimate of drug-likeness (QED) is 0.409. The second-order valence-electron chi connectivity index (χ2n) is 8.87. The van der Waals surface area contributed by atoms with E-state index in [1.54, 1.807) is 18.9 Å². The number of amides is 2. The van der Waals surface area contributed by atoms with Crippen LogP contribution >= 0.6 is 0 Å². The molecule has 7 nitrogen and oxygen atoms in total. The summed E-state index contributed by atoms with van der Waals surface area (Å²) in [5.74, 6) is -0.263. The number of likely N-dealkylation sites (N-methyl/N-ethyl adjacent to an activating group) is 1. The highest BCUT2D eigenvalue weighted by Crippen LogP contribution is 2.19. The third-order valence-electron chi connectivity index (χ3n) is 5.75. The number of hydrogen-bond donors (Lipinski definition) is 0. The molecule has 2 rings (SSSR count). The fourth-order valence-electron chi connectivity index (χ4n) is 3.87. The van der Waals surface area contributed by atoms with Crippen molar-refractivity contribution in [1.29, 1.82) is 0 Å². The predicted molar refractivity (Wildman–Crippen MR) is 122 cm³/mol. The van der Waals surface area contributed by atoms with Crippen LogP contribution in [0.25, 0.3) is 0 Å². The van der Waals surface area contributed by atoms with Crippen molar-refractivity contribution in [3.8, 4) is 0 Å². The van der Waals surface area contributed by atoms with E-state index >= 15 is 0 Å². The first-order valence-electron chi connectivity index (χ1n) is 11.5. The Labute approximate surface area is 191 Å². The van der Waals surface area contributed by atoms with Crippen LogP contribution in [0.4, 0.5) is 0 Å². The maximum absolute atomic E-state index is 12.5. The Hall–Kier alpha value is -2.70. The van der Waals surface area contributed by atoms with Crippen molar-refractivity contribution in [1.82, 2.24) is 9.80 Å². The van der Waals surface area contributed by atoms with Crippen molar-refractivity contribution in [3.63, 3.8) is 0 Å². The normalized spacial score (nSPS) is 14.3. The minimum Gasteiger partial charge on any atom is -0.466 e. The number of ketones is 1. The number of nitrogens with zero attached hydrogens (tertiary/aromatic N) is 2. The van der Waals surface area contributed by atoms with Gasteiger partial charge in [-0.25, -0.2) is 0 Å². The third kappa shape index (κ3) is 7.77. The highest BCUT2D eigenvalue weighted by molar-refractivity contribution is 5.98. The second kappa shape index (κ2) is 12.4. The van der Waals surface area contributed by atoms with Crippen LogP contribution in [-0.2, 0) is 25.5 Å². The van der Waals surface area contributed by atoms with Gasteiger partial charge in [-0.05, 0) is 37.7 Å². The fraction of sp³-hybridized carbons (Fsp3) is 0.600. The zero-order chi connectivity index (χ0) is 23.7. The van der Waals surface area contributed by atoms with Crippen LogP contribution in [0, 0.1) is 11.8 Å². The van der Waals surface area contributed by atoms with Crippen LogP contribution in [0.3, 0.4) is 0 Å². The molecular formula is C25H36N2O5. The molecule has 1 fully saturated rings. The van der Waals surface area contributed by atoms with E-state index < -0.39 is 0 Å². The number of piperidine rings is 1. The van der Waals surface area contributed by atoms with E-state index in [4.69, 9.17) is 4.74 Å². The molecule has 1 aromatic rings. The number of likely N-dealkylation sites (tertiary alicyclic amines) is 1. The van der Waals surface area contributed by atoms with Gasteiger partial charge < -0.3 is 14.5 Å². The maximum atomic E-state index is 12.5. The van der Waals surface area contributed by atoms with Crippen LogP contribution in [0.2, 0.25) is 0 Å². The number of ether oxygens (including phenoxy) is 1. The standard InChI is InChI=1S/C25H36N2O5/c1-5-32-25(31)21-12-14-27(15-13-21)24(30)17-26(4)23(29)11-10-22(28)20-8-6-19(7-9-20)16-18(2)3/h6-9,18,21H,5,10-17H2,1-4H3. The van der Waals surface area contributed by atoms with E-state index in [0.717, 1.165) is 6.42 Å². The van der Waals surface area contributed by atoms with Crippen molar-refractivity contribution in [2.24, 2.45) is 11.8 Å². The molecule has 1 aliphatic heterocycles. The summed E-state index contributed by atoms with van der Waals surface area (Å²) >= 11 is 0. The van der Waals surface area contributed by atoms with Gasteiger partial charge in [0.05, 0.1) is 19.1 Å². The van der Waals surface area contributed by atoms with Gasteiger partial charge in [0.25, 0.3) is 0 Å². The number of rotatable bonds is 10. The van der Waals surface area contributed by atoms with E-state index in [1.807, 2.05) is 24.3 Å². The number of esters is 1. The highest BCUT2D eigenvalue weighted by atomic mass is 16.5. The summed E-state index contributed by atoms with van der Waals surface area (Å²) < 4.78 is 5.05. The number of benzene rings is 1. The van der Waals surface area contributed by atoms with E-state index in [-0.39, 0.29) is 48.9 Å². The Balaban J connectivity index is 1.75. The van der Waals surface area contributed by atoms with Gasteiger partial charge >= 0.3 is 5.97 Å². The van der Waals surface area contributed by atoms with Crippen LogP contribution in [0.1, 0.15) is 62.4 Å². The molecule has 0 aromatic heterocycles. The molecule has 0 bridgehead atoms. The molecule has 0 aliphatic carbocycles. The number of Topliss-reactive ketones (excluding diaryl/α,β-unsaturated/α-hetero) is 1. The van der Waals surface area contributed by atoms with Gasteiger partial charge in [-0.2, -0.15) is 0 Å². The SMILES string of the molecule is CCOC(=O)C1CCN(C(=O)CN(C)C(=O)CCC(=O)c2ccc(CC(C)C)cc2)CC1. The molecule has 1 saturated heterocycles. The van der Waals surface area contributed by atoms with Crippen molar-refractivity contribution < 1.29 is 23.9 Å². The van der Waals surface area contributed by atoms with Gasteiger partial charge in [0.1, 0.15) is 0 Å². The smallest absolute Gasteiger partial charge is 0.309 e. The number of hydrogen-bond acceptors (Lipinski definition) is 5. The largest absolute Gasteiger partial charge is 0.466 e. The van der Waals surface area contributed by atoms with Crippen molar-refractivity contribution >= 4 is 23.6 Å². The van der Waals surface area contributed by atoms with E-state index in [2.05, 4.69) is 13.8 Å². The molecular weight excluding hydrogens is 408 g/mol. The topological polar surface area (TPSA) is 84.0 Å². The van der Waals surface area contributed by atoms with Crippen molar-refractivity contribution in [2.45, 2.75) is 52.9 Å². The molecule has 1 aliphatic rings. The first kappa shape index (κ1) is 25.6. The van der Waals surface area contributed by atoms with Crippen LogP contribution < -0.4 is 0 Å². The summed E-state index contributed by atoms with van der Waals surface area (Å²) in [7, 11) is 1.58. The lowest BCUT2D eigenvalue weighted by Gasteiger charge is -2.32. The second-order valence-corrected chi connectivity index (χ2v) is 8.87. The fourth-order valence-corrected chi connectivity index (χ4v) is 3.87. The minimum absolute atomic E-state index is 0.0268. The van der Waals surface area contributed by atoms with E-state index in [1.165, 1.54) is 10.5 Å². The van der Waals surface area contributed by atoms with Crippen molar-refractivity contribution in [2.75, 3.05) is 33.3 Å². The number of carbonyl (C=O) groups excluding carboxylic acids is 4. The lowest BCUT2D eigenvalue weighted by Crippen LogP contribution is -2.45.